The van der Waals surface area contributed by atoms with E-state index in [1.54, 1.807) is 0 Å². The molecule has 1 atom stereocenters. The van der Waals surface area contributed by atoms with E-state index >= 15 is 0 Å². The Morgan fingerprint density at radius 3 is 2.23 bits per heavy atom. The first kappa shape index (κ1) is 15.9. The maximum absolute atomic E-state index is 10.6. The Labute approximate surface area is 107 Å². The molecule has 0 bridgehead atoms. The van der Waals surface area contributed by atoms with Gasteiger partial charge in [-0.15, -0.1) is 0 Å². The van der Waals surface area contributed by atoms with Crippen molar-refractivity contribution < 1.29 is 49.7 Å². The van der Waals surface area contributed by atoms with Gasteiger partial charge in [-0.1, -0.05) is 23.2 Å². The predicted molar refractivity (Wildman–Crippen MR) is 41.4 cm³/mol. The van der Waals surface area contributed by atoms with Crippen LogP contribution in [0.5, 0.6) is 0 Å². The normalized spacial score (nSPS) is 13.7. The van der Waals surface area contributed by atoms with Crippen molar-refractivity contribution in [3.63, 3.8) is 0 Å². The van der Waals surface area contributed by atoms with Gasteiger partial charge in [-0.25, -0.2) is 4.79 Å². The molecule has 0 amide bonds. The van der Waals surface area contributed by atoms with Crippen LogP contribution in [0.25, 0.3) is 0 Å². The summed E-state index contributed by atoms with van der Waals surface area (Å²) in [5.74, 6) is -2.38. The van der Waals surface area contributed by atoms with Gasteiger partial charge in [-0.05, 0) is 5.90 Å². The number of nitrogens with zero attached hydrogens (tertiary/aromatic N) is 1. The van der Waals surface area contributed by atoms with Gasteiger partial charge in [0.2, 0.25) is 0 Å². The van der Waals surface area contributed by atoms with Gasteiger partial charge in [0.15, 0.2) is 6.04 Å². The third kappa shape index (κ3) is 6.54. The molecule has 13 heavy (non-hydrogen) atoms. The molecule has 0 aliphatic carbocycles. The summed E-state index contributed by atoms with van der Waals surface area (Å²) >= 11 is 10.2. The van der Waals surface area contributed by atoms with Gasteiger partial charge in [0.1, 0.15) is 4.84 Å². The van der Waals surface area contributed by atoms with Gasteiger partial charge in [0.05, 0.1) is 6.61 Å². The SMILES string of the molecule is O=C(O)[C@H](CO)N=C([O-])C(Cl)Cl.[Na+]. The summed E-state index contributed by atoms with van der Waals surface area (Å²) in [6.07, 6.45) is 0. The monoisotopic (exact) mass is 237 g/mol. The fourth-order valence-electron chi connectivity index (χ4n) is 0.384. The first-order chi connectivity index (χ1) is 5.49. The largest absolute Gasteiger partial charge is 1.00 e. The Kier molecular flexibility index (Phi) is 9.61. The summed E-state index contributed by atoms with van der Waals surface area (Å²) in [6.45, 7) is -0.762. The molecular formula is C5H6Cl2NNaO4. The van der Waals surface area contributed by atoms with Gasteiger partial charge >= 0.3 is 35.5 Å². The zero-order valence-electron chi connectivity index (χ0n) is 6.78. The molecule has 0 saturated carbocycles. The van der Waals surface area contributed by atoms with Crippen LogP contribution < -0.4 is 34.7 Å². The number of hydrogen-bond acceptors (Lipinski definition) is 4. The number of hydrogen-bond donors (Lipinski definition) is 2. The van der Waals surface area contributed by atoms with Gasteiger partial charge in [-0.2, -0.15) is 0 Å². The Bertz CT molecular complexity index is 199. The van der Waals surface area contributed by atoms with E-state index in [0.29, 0.717) is 0 Å². The molecule has 0 saturated heterocycles. The van der Waals surface area contributed by atoms with Crippen molar-refractivity contribution in [3.05, 3.63) is 0 Å². The second-order valence-electron chi connectivity index (χ2n) is 1.80. The maximum atomic E-state index is 10.6. The van der Waals surface area contributed by atoms with E-state index in [0.717, 1.165) is 0 Å². The summed E-state index contributed by atoms with van der Waals surface area (Å²) < 4.78 is 0. The molecule has 70 valence electrons. The quantitative estimate of drug-likeness (QED) is 0.226. The molecule has 0 aliphatic heterocycles. The van der Waals surface area contributed by atoms with Gasteiger partial charge in [0, 0.05) is 0 Å². The van der Waals surface area contributed by atoms with Crippen molar-refractivity contribution in [2.75, 3.05) is 6.61 Å². The molecule has 2 N–H and O–H groups in total. The first-order valence-corrected chi connectivity index (χ1v) is 3.72. The van der Waals surface area contributed by atoms with E-state index in [9.17, 15) is 9.90 Å². The number of alkyl halides is 2. The Balaban J connectivity index is 0. The number of carbonyl (C=O) groups is 1. The van der Waals surface area contributed by atoms with Crippen LogP contribution >= 0.6 is 23.2 Å². The molecule has 0 heterocycles. The van der Waals surface area contributed by atoms with Crippen LogP contribution in [0.3, 0.4) is 0 Å². The average Bonchev–Trinajstić information content (AvgIpc) is 1.98. The van der Waals surface area contributed by atoms with Crippen LogP contribution in [-0.4, -0.2) is 39.6 Å². The zero-order chi connectivity index (χ0) is 9.72. The van der Waals surface area contributed by atoms with Crippen molar-refractivity contribution in [3.8, 4) is 0 Å². The standard InChI is InChI=1S/C5H7Cl2NO4.Na/c6-3(7)4(10)8-2(1-9)5(11)12;/h2-3,9H,1H2,(H,8,10)(H,11,12);/q;+1/p-1/t2-;/m0./s1. The topological polar surface area (TPSA) is 93.0 Å². The number of aliphatic imine (C=N–C) groups is 1. The maximum Gasteiger partial charge on any atom is 1.00 e. The third-order valence-electron chi connectivity index (χ3n) is 0.928. The molecule has 0 radical (unpaired) electrons. The second-order valence-corrected chi connectivity index (χ2v) is 2.90. The van der Waals surface area contributed by atoms with E-state index in [4.69, 9.17) is 33.4 Å². The van der Waals surface area contributed by atoms with Gasteiger partial charge in [-0.3, -0.25) is 4.99 Å². The van der Waals surface area contributed by atoms with E-state index in [1.807, 2.05) is 0 Å². The van der Waals surface area contributed by atoms with Crippen LogP contribution in [0.2, 0.25) is 0 Å². The fourth-order valence-corrected chi connectivity index (χ4v) is 0.497. The molecule has 0 aromatic carbocycles. The number of carboxylic acid groups (broad SMARTS) is 1. The van der Waals surface area contributed by atoms with Crippen LogP contribution in [0.1, 0.15) is 0 Å². The minimum absolute atomic E-state index is 0. The summed E-state index contributed by atoms with van der Waals surface area (Å²) in [5, 5.41) is 27.3. The molecule has 0 unspecified atom stereocenters. The number of aliphatic carboxylic acids is 1. The average molecular weight is 238 g/mol. The number of rotatable bonds is 4. The molecule has 0 fully saturated rings. The molecule has 0 spiro atoms. The summed E-state index contributed by atoms with van der Waals surface area (Å²) in [6, 6.07) is -1.49. The molecular weight excluding hydrogens is 232 g/mol. The minimum atomic E-state index is -1.49. The minimum Gasteiger partial charge on any atom is -0.860 e. The molecule has 0 aromatic rings. The second kappa shape index (κ2) is 7.84. The molecule has 0 rings (SSSR count). The van der Waals surface area contributed by atoms with E-state index in [2.05, 4.69) is 4.99 Å². The molecule has 8 heteroatoms. The first-order valence-electron chi connectivity index (χ1n) is 2.85. The Morgan fingerprint density at radius 2 is 2.00 bits per heavy atom. The van der Waals surface area contributed by atoms with E-state index in [-0.39, 0.29) is 29.6 Å². The third-order valence-corrected chi connectivity index (χ3v) is 1.30. The van der Waals surface area contributed by atoms with Crippen molar-refractivity contribution in [2.24, 2.45) is 4.99 Å². The van der Waals surface area contributed by atoms with Crippen LogP contribution in [0.4, 0.5) is 0 Å². The molecule has 0 aliphatic rings. The molecule has 0 aromatic heterocycles. The van der Waals surface area contributed by atoms with Crippen molar-refractivity contribution in [2.45, 2.75) is 10.9 Å². The summed E-state index contributed by atoms with van der Waals surface area (Å²) in [7, 11) is 0. The van der Waals surface area contributed by atoms with E-state index < -0.39 is 29.4 Å². The van der Waals surface area contributed by atoms with Crippen molar-refractivity contribution in [1.29, 1.82) is 0 Å². The molecule has 5 nitrogen and oxygen atoms in total. The Hall–Kier alpha value is 0.480. The summed E-state index contributed by atoms with van der Waals surface area (Å²) in [5.41, 5.74) is 0. The smallest absolute Gasteiger partial charge is 0.860 e. The number of aliphatic hydroxyl groups excluding tert-OH is 1. The Morgan fingerprint density at radius 1 is 1.54 bits per heavy atom. The summed E-state index contributed by atoms with van der Waals surface area (Å²) in [4.78, 5) is 11.8. The van der Waals surface area contributed by atoms with Gasteiger partial charge in [0.25, 0.3) is 0 Å². The van der Waals surface area contributed by atoms with Gasteiger partial charge < -0.3 is 15.3 Å². The van der Waals surface area contributed by atoms with Crippen molar-refractivity contribution in [1.82, 2.24) is 0 Å². The number of halogens is 2. The van der Waals surface area contributed by atoms with E-state index in [1.165, 1.54) is 0 Å². The van der Waals surface area contributed by atoms with Crippen molar-refractivity contribution >= 4 is 35.1 Å². The number of aliphatic hydroxyl groups is 1. The van der Waals surface area contributed by atoms with Crippen LogP contribution in [-0.2, 0) is 4.79 Å². The fraction of sp³-hybridized carbons (Fsp3) is 0.600. The zero-order valence-corrected chi connectivity index (χ0v) is 10.3. The van der Waals surface area contributed by atoms with Crippen LogP contribution in [0.15, 0.2) is 4.99 Å². The predicted octanol–water partition coefficient (Wildman–Crippen LogP) is -4.00. The van der Waals surface area contributed by atoms with Crippen LogP contribution in [0, 0.1) is 0 Å². The number of carboxylic acids is 1.